The molecular formula is C29H29FN6O3. The predicted molar refractivity (Wildman–Crippen MR) is 142 cm³/mol. The number of nitriles is 1. The molecule has 1 aliphatic carbocycles. The molecule has 0 bridgehead atoms. The monoisotopic (exact) mass is 528 g/mol. The summed E-state index contributed by atoms with van der Waals surface area (Å²) >= 11 is 0. The van der Waals surface area contributed by atoms with E-state index in [1.807, 2.05) is 16.9 Å². The zero-order valence-electron chi connectivity index (χ0n) is 21.8. The molecule has 2 unspecified atom stereocenters. The minimum Gasteiger partial charge on any atom is -0.332 e. The van der Waals surface area contributed by atoms with Gasteiger partial charge in [0.2, 0.25) is 11.8 Å². The fraction of sp³-hybridized carbons (Fsp3) is 0.345. The van der Waals surface area contributed by atoms with Crippen LogP contribution in [0, 0.1) is 30.0 Å². The largest absolute Gasteiger partial charge is 0.332 e. The van der Waals surface area contributed by atoms with Crippen molar-refractivity contribution in [3.05, 3.63) is 71.8 Å². The molecule has 2 atom stereocenters. The lowest BCUT2D eigenvalue weighted by Gasteiger charge is -2.24. The van der Waals surface area contributed by atoms with Gasteiger partial charge < -0.3 is 15.1 Å². The van der Waals surface area contributed by atoms with Crippen LogP contribution in [0.5, 0.6) is 0 Å². The maximum atomic E-state index is 14.9. The zero-order chi connectivity index (χ0) is 27.7. The molecule has 10 heteroatoms. The Morgan fingerprint density at radius 2 is 1.95 bits per heavy atom. The van der Waals surface area contributed by atoms with E-state index in [1.54, 1.807) is 37.4 Å². The summed E-state index contributed by atoms with van der Waals surface area (Å²) in [4.78, 5) is 41.6. The lowest BCUT2D eigenvalue weighted by molar-refractivity contribution is -0.131. The van der Waals surface area contributed by atoms with Crippen LogP contribution < -0.4 is 5.32 Å². The van der Waals surface area contributed by atoms with Gasteiger partial charge in [-0.3, -0.25) is 19.1 Å². The van der Waals surface area contributed by atoms with Crippen LogP contribution in [0.4, 0.5) is 10.1 Å². The highest BCUT2D eigenvalue weighted by Crippen LogP contribution is 2.36. The van der Waals surface area contributed by atoms with E-state index in [4.69, 9.17) is 0 Å². The van der Waals surface area contributed by atoms with Crippen LogP contribution in [0.1, 0.15) is 41.2 Å². The number of halogens is 1. The summed E-state index contributed by atoms with van der Waals surface area (Å²) in [6.45, 7) is 1.48. The Balaban J connectivity index is 1.26. The van der Waals surface area contributed by atoms with Gasteiger partial charge in [-0.05, 0) is 61.6 Å². The van der Waals surface area contributed by atoms with E-state index in [9.17, 15) is 24.0 Å². The first kappa shape index (κ1) is 26.1. The van der Waals surface area contributed by atoms with Crippen LogP contribution in [0.3, 0.4) is 0 Å². The molecule has 1 aliphatic heterocycles. The number of anilines is 1. The molecule has 200 valence electrons. The quantitative estimate of drug-likeness (QED) is 0.502. The van der Waals surface area contributed by atoms with Crippen LogP contribution in [-0.4, -0.2) is 63.5 Å². The number of likely N-dealkylation sites (N-methyl/N-ethyl adjacent to an activating group) is 1. The number of likely N-dealkylation sites (tertiary alicyclic amines) is 1. The Morgan fingerprint density at radius 1 is 1.21 bits per heavy atom. The third-order valence-corrected chi connectivity index (χ3v) is 7.28. The van der Waals surface area contributed by atoms with Crippen LogP contribution in [0.25, 0.3) is 11.1 Å². The maximum absolute atomic E-state index is 14.9. The molecule has 2 aliphatic rings. The Labute approximate surface area is 225 Å². The third-order valence-electron chi connectivity index (χ3n) is 7.28. The van der Waals surface area contributed by atoms with Gasteiger partial charge in [0, 0.05) is 31.0 Å². The second kappa shape index (κ2) is 10.7. The molecule has 2 heterocycles. The number of hydrogen-bond acceptors (Lipinski definition) is 5. The molecule has 9 nitrogen and oxygen atoms in total. The van der Waals surface area contributed by atoms with Gasteiger partial charge in [0.1, 0.15) is 11.9 Å². The lowest BCUT2D eigenvalue weighted by Crippen LogP contribution is -2.43. The van der Waals surface area contributed by atoms with Crippen molar-refractivity contribution in [3.63, 3.8) is 0 Å². The van der Waals surface area contributed by atoms with Crippen LogP contribution in [0.15, 0.2) is 54.9 Å². The van der Waals surface area contributed by atoms with E-state index in [1.165, 1.54) is 24.1 Å². The molecule has 3 aromatic rings. The van der Waals surface area contributed by atoms with E-state index in [2.05, 4.69) is 16.5 Å². The standard InChI is InChI=1S/C29H29FN6O3/c1-18-10-26(30)25(12-24(18)20-14-32-36(16-20)22-8-9-22)29(39)34(2)17-27(37)35-15-19(11-23(35)13-31)28(38)33-21-6-4-3-5-7-21/h3-7,10,12,14,16,19,22-23H,8-9,11,15,17H2,1-2H3,(H,33,38). The average Bonchev–Trinajstić information content (AvgIpc) is 3.48. The van der Waals surface area contributed by atoms with Gasteiger partial charge in [-0.2, -0.15) is 10.4 Å². The van der Waals surface area contributed by atoms with Gasteiger partial charge in [0.05, 0.1) is 36.3 Å². The van der Waals surface area contributed by atoms with Crippen molar-refractivity contribution in [2.24, 2.45) is 5.92 Å². The first-order chi connectivity index (χ1) is 18.7. The van der Waals surface area contributed by atoms with Gasteiger partial charge in [-0.1, -0.05) is 18.2 Å². The number of rotatable bonds is 7. The van der Waals surface area contributed by atoms with Crippen molar-refractivity contribution in [3.8, 4) is 17.2 Å². The number of nitrogens with one attached hydrogen (secondary N) is 1. The highest BCUT2D eigenvalue weighted by Gasteiger charge is 2.39. The van der Waals surface area contributed by atoms with Crippen molar-refractivity contribution in [1.82, 2.24) is 19.6 Å². The molecule has 1 saturated carbocycles. The highest BCUT2D eigenvalue weighted by molar-refractivity contribution is 5.98. The fourth-order valence-corrected chi connectivity index (χ4v) is 4.92. The Kier molecular flexibility index (Phi) is 7.15. The number of para-hydroxylation sites is 1. The normalized spacial score (nSPS) is 18.5. The number of nitrogens with zero attached hydrogens (tertiary/aromatic N) is 5. The first-order valence-corrected chi connectivity index (χ1v) is 12.9. The van der Waals surface area contributed by atoms with E-state index in [0.717, 1.165) is 23.3 Å². The van der Waals surface area contributed by atoms with Crippen molar-refractivity contribution in [2.45, 2.75) is 38.3 Å². The molecule has 1 aromatic heterocycles. The molecule has 39 heavy (non-hydrogen) atoms. The molecule has 1 N–H and O–H groups in total. The van der Waals surface area contributed by atoms with E-state index < -0.39 is 29.6 Å². The summed E-state index contributed by atoms with van der Waals surface area (Å²) < 4.78 is 16.8. The summed E-state index contributed by atoms with van der Waals surface area (Å²) in [7, 11) is 1.42. The minimum atomic E-state index is -0.793. The third kappa shape index (κ3) is 5.53. The number of hydrogen-bond donors (Lipinski definition) is 1. The molecule has 2 aromatic carbocycles. The van der Waals surface area contributed by atoms with Crippen molar-refractivity contribution in [1.29, 1.82) is 5.26 Å². The molecule has 3 amide bonds. The topological polar surface area (TPSA) is 111 Å². The average molecular weight is 529 g/mol. The Hall–Kier alpha value is -4.52. The SMILES string of the molecule is Cc1cc(F)c(C(=O)N(C)CC(=O)N2CC(C(=O)Nc3ccccc3)CC2C#N)cc1-c1cnn(C2CC2)c1. The summed E-state index contributed by atoms with van der Waals surface area (Å²) in [5.74, 6) is -2.65. The number of aromatic nitrogens is 2. The number of aryl methyl sites for hydroxylation is 1. The van der Waals surface area contributed by atoms with E-state index in [-0.39, 0.29) is 31.0 Å². The van der Waals surface area contributed by atoms with E-state index >= 15 is 0 Å². The van der Waals surface area contributed by atoms with Gasteiger partial charge >= 0.3 is 0 Å². The van der Waals surface area contributed by atoms with Crippen LogP contribution in [-0.2, 0) is 9.59 Å². The van der Waals surface area contributed by atoms with Crippen molar-refractivity contribution in [2.75, 3.05) is 25.5 Å². The molecule has 2 fully saturated rings. The number of carbonyl (C=O) groups excluding carboxylic acids is 3. The Morgan fingerprint density at radius 3 is 2.64 bits per heavy atom. The molecule has 1 saturated heterocycles. The predicted octanol–water partition coefficient (Wildman–Crippen LogP) is 3.78. The molecule has 0 radical (unpaired) electrons. The summed E-state index contributed by atoms with van der Waals surface area (Å²) in [6, 6.07) is 13.4. The highest BCUT2D eigenvalue weighted by atomic mass is 19.1. The van der Waals surface area contributed by atoms with Gasteiger partial charge in [-0.25, -0.2) is 4.39 Å². The van der Waals surface area contributed by atoms with Crippen LogP contribution >= 0.6 is 0 Å². The number of carbonyl (C=O) groups is 3. The Bertz CT molecular complexity index is 1460. The summed E-state index contributed by atoms with van der Waals surface area (Å²) in [5, 5.41) is 16.8. The summed E-state index contributed by atoms with van der Waals surface area (Å²) in [5.41, 5.74) is 2.64. The van der Waals surface area contributed by atoms with Crippen LogP contribution in [0.2, 0.25) is 0 Å². The molecule has 0 spiro atoms. The second-order valence-corrected chi connectivity index (χ2v) is 10.2. The maximum Gasteiger partial charge on any atom is 0.257 e. The lowest BCUT2D eigenvalue weighted by atomic mass is 9.99. The van der Waals surface area contributed by atoms with E-state index in [0.29, 0.717) is 22.9 Å². The first-order valence-electron chi connectivity index (χ1n) is 12.9. The van der Waals surface area contributed by atoms with Gasteiger partial charge in [0.25, 0.3) is 5.91 Å². The van der Waals surface area contributed by atoms with Gasteiger partial charge in [-0.15, -0.1) is 0 Å². The molecular weight excluding hydrogens is 499 g/mol. The zero-order valence-corrected chi connectivity index (χ0v) is 21.8. The number of benzene rings is 2. The van der Waals surface area contributed by atoms with Crippen molar-refractivity contribution < 1.29 is 18.8 Å². The smallest absolute Gasteiger partial charge is 0.257 e. The van der Waals surface area contributed by atoms with Crippen molar-refractivity contribution >= 4 is 23.4 Å². The minimum absolute atomic E-state index is 0.0613. The summed E-state index contributed by atoms with van der Waals surface area (Å²) in [6.07, 6.45) is 5.96. The number of amides is 3. The van der Waals surface area contributed by atoms with Gasteiger partial charge in [0.15, 0.2) is 0 Å². The second-order valence-electron chi connectivity index (χ2n) is 10.2. The molecule has 5 rings (SSSR count). The fourth-order valence-electron chi connectivity index (χ4n) is 4.92.